The summed E-state index contributed by atoms with van der Waals surface area (Å²) in [6.07, 6.45) is 1.50. The van der Waals surface area contributed by atoms with E-state index in [1.54, 1.807) is 6.92 Å². The van der Waals surface area contributed by atoms with Crippen molar-refractivity contribution >= 4 is 23.5 Å². The number of rotatable bonds is 3. The van der Waals surface area contributed by atoms with Crippen molar-refractivity contribution in [3.63, 3.8) is 0 Å². The fourth-order valence-corrected chi connectivity index (χ4v) is 5.41. The van der Waals surface area contributed by atoms with Gasteiger partial charge in [0, 0.05) is 24.9 Å². The minimum Gasteiger partial charge on any atom is -0.353 e. The maximum absolute atomic E-state index is 14.4. The van der Waals surface area contributed by atoms with E-state index in [1.165, 1.54) is 23.1 Å². The number of urea groups is 1. The summed E-state index contributed by atoms with van der Waals surface area (Å²) in [4.78, 5) is 26.4. The Labute approximate surface area is 178 Å². The molecular formula is C21H25ClF3N3O2. The van der Waals surface area contributed by atoms with Crippen LogP contribution in [0.2, 0.25) is 5.02 Å². The Hall–Kier alpha value is -1.96. The Kier molecular flexibility index (Phi) is 5.64. The van der Waals surface area contributed by atoms with Gasteiger partial charge in [-0.2, -0.15) is 0 Å². The van der Waals surface area contributed by atoms with Gasteiger partial charge in [-0.3, -0.25) is 4.79 Å². The summed E-state index contributed by atoms with van der Waals surface area (Å²) in [6.45, 7) is 2.34. The summed E-state index contributed by atoms with van der Waals surface area (Å²) < 4.78 is 42.6. The average Bonchev–Trinajstić information content (AvgIpc) is 2.87. The molecule has 3 amide bonds. The number of carbonyl (C=O) groups is 2. The van der Waals surface area contributed by atoms with Crippen LogP contribution in [0.4, 0.5) is 18.0 Å². The number of nitrogens with zero attached hydrogens (tertiary/aromatic N) is 1. The van der Waals surface area contributed by atoms with E-state index in [1.807, 2.05) is 0 Å². The van der Waals surface area contributed by atoms with Gasteiger partial charge in [0.15, 0.2) is 0 Å². The van der Waals surface area contributed by atoms with Crippen molar-refractivity contribution in [2.45, 2.75) is 50.6 Å². The Morgan fingerprint density at radius 1 is 1.30 bits per heavy atom. The molecule has 5 nitrogen and oxygen atoms in total. The van der Waals surface area contributed by atoms with E-state index < -0.39 is 41.7 Å². The molecule has 1 saturated heterocycles. The van der Waals surface area contributed by atoms with E-state index in [4.69, 9.17) is 11.6 Å². The number of nitrogens with one attached hydrogen (secondary N) is 2. The summed E-state index contributed by atoms with van der Waals surface area (Å²) in [7, 11) is 0. The van der Waals surface area contributed by atoms with E-state index in [0.29, 0.717) is 31.5 Å². The van der Waals surface area contributed by atoms with Crippen molar-refractivity contribution < 1.29 is 22.8 Å². The van der Waals surface area contributed by atoms with Gasteiger partial charge in [0.2, 0.25) is 5.91 Å². The molecule has 0 spiro atoms. The zero-order chi connectivity index (χ0) is 21.6. The van der Waals surface area contributed by atoms with Gasteiger partial charge in [-0.15, -0.1) is 0 Å². The summed E-state index contributed by atoms with van der Waals surface area (Å²) in [5.74, 6) is -5.14. The Morgan fingerprint density at radius 2 is 1.97 bits per heavy atom. The van der Waals surface area contributed by atoms with Crippen LogP contribution in [0, 0.1) is 23.6 Å². The number of benzene rings is 1. The third-order valence-electron chi connectivity index (χ3n) is 6.94. The lowest BCUT2D eigenvalue weighted by Gasteiger charge is -2.40. The molecule has 0 aromatic heterocycles. The van der Waals surface area contributed by atoms with Crippen molar-refractivity contribution in [2.75, 3.05) is 13.1 Å². The van der Waals surface area contributed by atoms with Gasteiger partial charge in [0.1, 0.15) is 11.9 Å². The first kappa shape index (κ1) is 21.3. The molecule has 3 unspecified atom stereocenters. The number of halogens is 4. The molecule has 0 radical (unpaired) electrons. The molecule has 1 heterocycles. The molecule has 3 aliphatic rings. The molecule has 4 rings (SSSR count). The van der Waals surface area contributed by atoms with E-state index in [9.17, 15) is 22.8 Å². The summed E-state index contributed by atoms with van der Waals surface area (Å²) >= 11 is 5.97. The molecule has 4 atom stereocenters. The first-order valence-electron chi connectivity index (χ1n) is 10.4. The molecule has 1 aromatic carbocycles. The topological polar surface area (TPSA) is 61.4 Å². The number of hydrogen-bond acceptors (Lipinski definition) is 2. The van der Waals surface area contributed by atoms with Crippen LogP contribution in [0.5, 0.6) is 0 Å². The second-order valence-corrected chi connectivity index (χ2v) is 9.05. The third-order valence-corrected chi connectivity index (χ3v) is 7.23. The maximum Gasteiger partial charge on any atom is 0.318 e. The molecule has 9 heteroatoms. The Bertz CT molecular complexity index is 837. The fraction of sp³-hybridized carbons (Fsp3) is 0.619. The zero-order valence-electron chi connectivity index (χ0n) is 16.6. The molecule has 2 saturated carbocycles. The lowest BCUT2D eigenvalue weighted by atomic mass is 9.73. The van der Waals surface area contributed by atoms with Gasteiger partial charge in [-0.1, -0.05) is 17.7 Å². The first-order chi connectivity index (χ1) is 14.2. The van der Waals surface area contributed by atoms with Gasteiger partial charge in [0.05, 0.1) is 11.1 Å². The van der Waals surface area contributed by atoms with Gasteiger partial charge >= 0.3 is 6.03 Å². The molecule has 30 heavy (non-hydrogen) atoms. The van der Waals surface area contributed by atoms with Crippen LogP contribution in [0.25, 0.3) is 0 Å². The molecule has 2 aliphatic carbocycles. The second kappa shape index (κ2) is 7.94. The zero-order valence-corrected chi connectivity index (χ0v) is 17.4. The fourth-order valence-electron chi connectivity index (χ4n) is 5.22. The van der Waals surface area contributed by atoms with E-state index >= 15 is 0 Å². The Morgan fingerprint density at radius 3 is 2.60 bits per heavy atom. The summed E-state index contributed by atoms with van der Waals surface area (Å²) in [6, 6.07) is 2.54. The van der Waals surface area contributed by atoms with Crippen LogP contribution in [0.15, 0.2) is 18.2 Å². The van der Waals surface area contributed by atoms with E-state index in [-0.39, 0.29) is 29.7 Å². The molecule has 164 valence electrons. The highest BCUT2D eigenvalue weighted by molar-refractivity contribution is 6.30. The standard InChI is InChI=1S/C21H25ClF3N3O2/c1-11-19(29)26-6-7-28(11)20(30)27-18(12-2-5-17(23)16(22)10-12)13-8-14-3-4-15(9-13)21(14,24)25/h2,5,10-11,13-15,18H,3-4,6-9H2,1H3,(H,26,29)(H,27,30)/t11-,13?,14?,15?,18?/m1/s1. The largest absolute Gasteiger partial charge is 0.353 e. The normalized spacial score (nSPS) is 31.2. The van der Waals surface area contributed by atoms with Crippen LogP contribution in [-0.4, -0.2) is 41.9 Å². The van der Waals surface area contributed by atoms with Crippen molar-refractivity contribution in [3.8, 4) is 0 Å². The molecule has 3 fully saturated rings. The van der Waals surface area contributed by atoms with Crippen molar-refractivity contribution in [3.05, 3.63) is 34.6 Å². The van der Waals surface area contributed by atoms with Crippen LogP contribution in [0.3, 0.4) is 0 Å². The van der Waals surface area contributed by atoms with Crippen LogP contribution >= 0.6 is 11.6 Å². The lowest BCUT2D eigenvalue weighted by molar-refractivity contribution is -0.127. The van der Waals surface area contributed by atoms with Crippen LogP contribution < -0.4 is 10.6 Å². The highest BCUT2D eigenvalue weighted by atomic mass is 35.5. The van der Waals surface area contributed by atoms with Gasteiger partial charge in [-0.05, 0) is 56.2 Å². The monoisotopic (exact) mass is 443 g/mol. The predicted molar refractivity (Wildman–Crippen MR) is 106 cm³/mol. The van der Waals surface area contributed by atoms with E-state index in [0.717, 1.165) is 0 Å². The lowest BCUT2D eigenvalue weighted by Crippen LogP contribution is -2.59. The van der Waals surface area contributed by atoms with Crippen molar-refractivity contribution in [2.24, 2.45) is 17.8 Å². The Balaban J connectivity index is 1.60. The number of amides is 3. The molecular weight excluding hydrogens is 419 g/mol. The number of piperazine rings is 1. The highest BCUT2D eigenvalue weighted by Crippen LogP contribution is 2.56. The SMILES string of the molecule is C[C@@H]1C(=O)NCCN1C(=O)NC(c1ccc(F)c(Cl)c1)C1CC2CCC(C1)C2(F)F. The molecule has 2 N–H and O–H groups in total. The number of hydrogen-bond donors (Lipinski definition) is 2. The minimum absolute atomic E-state index is 0.0819. The maximum atomic E-state index is 14.4. The summed E-state index contributed by atoms with van der Waals surface area (Å²) in [5.41, 5.74) is 0.582. The average molecular weight is 444 g/mol. The van der Waals surface area contributed by atoms with Gasteiger partial charge in [-0.25, -0.2) is 18.0 Å². The number of fused-ring (bicyclic) bond motifs is 2. The van der Waals surface area contributed by atoms with E-state index in [2.05, 4.69) is 10.6 Å². The van der Waals surface area contributed by atoms with Crippen molar-refractivity contribution in [1.82, 2.24) is 15.5 Å². The first-order valence-corrected chi connectivity index (χ1v) is 10.7. The van der Waals surface area contributed by atoms with Gasteiger partial charge < -0.3 is 15.5 Å². The predicted octanol–water partition coefficient (Wildman–Crippen LogP) is 4.12. The highest BCUT2D eigenvalue weighted by Gasteiger charge is 2.57. The quantitative estimate of drug-likeness (QED) is 0.738. The number of carbonyl (C=O) groups excluding carboxylic acids is 2. The number of alkyl halides is 2. The molecule has 1 aliphatic heterocycles. The molecule has 2 bridgehead atoms. The van der Waals surface area contributed by atoms with Crippen LogP contribution in [0.1, 0.15) is 44.2 Å². The summed E-state index contributed by atoms with van der Waals surface area (Å²) in [5, 5.41) is 5.57. The van der Waals surface area contributed by atoms with Gasteiger partial charge in [0.25, 0.3) is 5.92 Å². The third kappa shape index (κ3) is 3.74. The minimum atomic E-state index is -2.68. The smallest absolute Gasteiger partial charge is 0.318 e. The van der Waals surface area contributed by atoms with Crippen molar-refractivity contribution in [1.29, 1.82) is 0 Å². The van der Waals surface area contributed by atoms with Crippen LogP contribution in [-0.2, 0) is 4.79 Å². The molecule has 1 aromatic rings. The second-order valence-electron chi connectivity index (χ2n) is 8.64.